The van der Waals surface area contributed by atoms with Gasteiger partial charge in [-0.15, -0.1) is 6.58 Å². The first-order chi connectivity index (χ1) is 7.88. The summed E-state index contributed by atoms with van der Waals surface area (Å²) in [6, 6.07) is 6.59. The second-order valence-corrected chi connectivity index (χ2v) is 4.18. The molecule has 3 heteroatoms. The van der Waals surface area contributed by atoms with Crippen LogP contribution in [0.3, 0.4) is 0 Å². The molecule has 2 aliphatic rings. The van der Waals surface area contributed by atoms with Gasteiger partial charge in [0, 0.05) is 24.3 Å². The van der Waals surface area contributed by atoms with Crippen molar-refractivity contribution in [3.05, 3.63) is 30.9 Å². The molecule has 0 bridgehead atoms. The average molecular weight is 217 g/mol. The van der Waals surface area contributed by atoms with Gasteiger partial charge in [-0.1, -0.05) is 6.08 Å². The molecule has 1 saturated heterocycles. The van der Waals surface area contributed by atoms with Crippen LogP contribution in [0.25, 0.3) is 0 Å². The molecular weight excluding hydrogens is 202 g/mol. The molecule has 0 N–H and O–H groups in total. The number of anilines is 1. The lowest BCUT2D eigenvalue weighted by atomic mass is 10.2. The first-order valence-electron chi connectivity index (χ1n) is 5.67. The van der Waals surface area contributed by atoms with Crippen molar-refractivity contribution >= 4 is 5.69 Å². The fraction of sp³-hybridized carbons (Fsp3) is 0.385. The van der Waals surface area contributed by atoms with E-state index in [0.29, 0.717) is 12.8 Å². The van der Waals surface area contributed by atoms with Gasteiger partial charge in [-0.25, -0.2) is 0 Å². The zero-order chi connectivity index (χ0) is 11.0. The van der Waals surface area contributed by atoms with Crippen LogP contribution in [0.4, 0.5) is 5.69 Å². The first kappa shape index (κ1) is 9.58. The van der Waals surface area contributed by atoms with E-state index in [1.807, 2.05) is 12.1 Å². The highest BCUT2D eigenvalue weighted by Gasteiger charge is 2.23. The molecule has 2 aliphatic heterocycles. The normalized spacial score (nSPS) is 22.5. The minimum atomic E-state index is 0.337. The summed E-state index contributed by atoms with van der Waals surface area (Å²) in [6.45, 7) is 5.32. The lowest BCUT2D eigenvalue weighted by Crippen LogP contribution is -2.26. The lowest BCUT2D eigenvalue weighted by Gasteiger charge is -2.24. The van der Waals surface area contributed by atoms with Crippen molar-refractivity contribution in [1.29, 1.82) is 0 Å². The Balaban J connectivity index is 1.91. The summed E-state index contributed by atoms with van der Waals surface area (Å²) in [5, 5.41) is 0. The van der Waals surface area contributed by atoms with Gasteiger partial charge in [-0.3, -0.25) is 0 Å². The van der Waals surface area contributed by atoms with Gasteiger partial charge in [0.05, 0.1) is 0 Å². The summed E-state index contributed by atoms with van der Waals surface area (Å²) in [7, 11) is 0. The van der Waals surface area contributed by atoms with Crippen LogP contribution in [0.5, 0.6) is 11.5 Å². The molecule has 1 fully saturated rings. The first-order valence-corrected chi connectivity index (χ1v) is 5.67. The van der Waals surface area contributed by atoms with Crippen LogP contribution >= 0.6 is 0 Å². The summed E-state index contributed by atoms with van der Waals surface area (Å²) in [4.78, 5) is 2.37. The van der Waals surface area contributed by atoms with Crippen LogP contribution in [0.15, 0.2) is 30.9 Å². The second kappa shape index (κ2) is 3.74. The molecule has 16 heavy (non-hydrogen) atoms. The Morgan fingerprint density at radius 3 is 3.06 bits per heavy atom. The lowest BCUT2D eigenvalue weighted by molar-refractivity contribution is 0.174. The molecule has 1 unspecified atom stereocenters. The maximum atomic E-state index is 5.39. The van der Waals surface area contributed by atoms with Crippen molar-refractivity contribution in [3.8, 4) is 11.5 Å². The van der Waals surface area contributed by atoms with Gasteiger partial charge in [0.1, 0.15) is 0 Å². The third-order valence-electron chi connectivity index (χ3n) is 3.26. The van der Waals surface area contributed by atoms with Gasteiger partial charge in [0.15, 0.2) is 11.5 Å². The molecule has 0 saturated carbocycles. The number of ether oxygens (including phenoxy) is 2. The Bertz CT molecular complexity index is 416. The monoisotopic (exact) mass is 217 g/mol. The Morgan fingerprint density at radius 2 is 2.19 bits per heavy atom. The number of fused-ring (bicyclic) bond motifs is 1. The van der Waals surface area contributed by atoms with Gasteiger partial charge in [0.25, 0.3) is 0 Å². The van der Waals surface area contributed by atoms with Crippen molar-refractivity contribution < 1.29 is 9.47 Å². The molecule has 3 nitrogen and oxygen atoms in total. The highest BCUT2D eigenvalue weighted by molar-refractivity contribution is 5.58. The van der Waals surface area contributed by atoms with E-state index in [-0.39, 0.29) is 0 Å². The summed E-state index contributed by atoms with van der Waals surface area (Å²) >= 11 is 0. The van der Waals surface area contributed by atoms with E-state index in [1.165, 1.54) is 18.5 Å². The number of benzene rings is 1. The second-order valence-electron chi connectivity index (χ2n) is 4.18. The van der Waals surface area contributed by atoms with Crippen LogP contribution in [-0.4, -0.2) is 19.4 Å². The standard InChI is InChI=1S/C13H15NO2/c1-2-10-4-3-7-14(10)11-5-6-12-13(8-11)16-9-15-12/h2,5-6,8,10H,1,3-4,7,9H2. The van der Waals surface area contributed by atoms with Crippen molar-refractivity contribution in [3.63, 3.8) is 0 Å². The van der Waals surface area contributed by atoms with Crippen LogP contribution in [0, 0.1) is 0 Å². The zero-order valence-electron chi connectivity index (χ0n) is 9.19. The van der Waals surface area contributed by atoms with Crippen LogP contribution in [-0.2, 0) is 0 Å². The maximum absolute atomic E-state index is 5.39. The van der Waals surface area contributed by atoms with Crippen LogP contribution in [0.1, 0.15) is 12.8 Å². The summed E-state index contributed by atoms with van der Waals surface area (Å²) in [6.07, 6.45) is 4.45. The third-order valence-corrected chi connectivity index (χ3v) is 3.26. The number of hydrogen-bond donors (Lipinski definition) is 0. The molecule has 0 amide bonds. The fourth-order valence-electron chi connectivity index (χ4n) is 2.42. The number of hydrogen-bond acceptors (Lipinski definition) is 3. The van der Waals surface area contributed by atoms with Crippen LogP contribution in [0.2, 0.25) is 0 Å². The molecule has 2 heterocycles. The predicted octanol–water partition coefficient (Wildman–Crippen LogP) is 2.57. The van der Waals surface area contributed by atoms with Gasteiger partial charge >= 0.3 is 0 Å². The van der Waals surface area contributed by atoms with Gasteiger partial charge in [-0.05, 0) is 25.0 Å². The Kier molecular flexibility index (Phi) is 2.24. The Hall–Kier alpha value is -1.64. The molecule has 0 spiro atoms. The van der Waals surface area contributed by atoms with E-state index in [1.54, 1.807) is 0 Å². The van der Waals surface area contributed by atoms with Gasteiger partial charge in [-0.2, -0.15) is 0 Å². The Morgan fingerprint density at radius 1 is 1.31 bits per heavy atom. The smallest absolute Gasteiger partial charge is 0.231 e. The van der Waals surface area contributed by atoms with Gasteiger partial charge in [0.2, 0.25) is 6.79 Å². The van der Waals surface area contributed by atoms with Crippen molar-refractivity contribution in [2.45, 2.75) is 18.9 Å². The third kappa shape index (κ3) is 1.43. The van der Waals surface area contributed by atoms with E-state index < -0.39 is 0 Å². The van der Waals surface area contributed by atoms with E-state index in [0.717, 1.165) is 18.0 Å². The number of rotatable bonds is 2. The van der Waals surface area contributed by atoms with E-state index >= 15 is 0 Å². The highest BCUT2D eigenvalue weighted by atomic mass is 16.7. The SMILES string of the molecule is C=CC1CCCN1c1ccc2c(c1)OCO2. The topological polar surface area (TPSA) is 21.7 Å². The summed E-state index contributed by atoms with van der Waals surface area (Å²) in [5.74, 6) is 1.70. The summed E-state index contributed by atoms with van der Waals surface area (Å²) < 4.78 is 10.7. The predicted molar refractivity (Wildman–Crippen MR) is 63.1 cm³/mol. The molecule has 0 radical (unpaired) electrons. The number of nitrogens with zero attached hydrogens (tertiary/aromatic N) is 1. The van der Waals surface area contributed by atoms with Gasteiger partial charge < -0.3 is 14.4 Å². The minimum absolute atomic E-state index is 0.337. The molecule has 84 valence electrons. The van der Waals surface area contributed by atoms with Crippen molar-refractivity contribution in [1.82, 2.24) is 0 Å². The molecule has 1 atom stereocenters. The fourth-order valence-corrected chi connectivity index (χ4v) is 2.42. The van der Waals surface area contributed by atoms with Crippen molar-refractivity contribution in [2.24, 2.45) is 0 Å². The largest absolute Gasteiger partial charge is 0.454 e. The minimum Gasteiger partial charge on any atom is -0.454 e. The quantitative estimate of drug-likeness (QED) is 0.711. The molecule has 1 aromatic carbocycles. The summed E-state index contributed by atoms with van der Waals surface area (Å²) in [5.41, 5.74) is 1.20. The molecule has 3 rings (SSSR count). The van der Waals surface area contributed by atoms with Crippen molar-refractivity contribution in [2.75, 3.05) is 18.2 Å². The van der Waals surface area contributed by atoms with E-state index in [2.05, 4.69) is 23.6 Å². The molecule has 0 aliphatic carbocycles. The molecule has 0 aromatic heterocycles. The molecular formula is C13H15NO2. The zero-order valence-corrected chi connectivity index (χ0v) is 9.19. The highest BCUT2D eigenvalue weighted by Crippen LogP contribution is 2.37. The van der Waals surface area contributed by atoms with E-state index in [4.69, 9.17) is 9.47 Å². The average Bonchev–Trinajstić information content (AvgIpc) is 2.96. The Labute approximate surface area is 95.3 Å². The molecule has 1 aromatic rings. The van der Waals surface area contributed by atoms with E-state index in [9.17, 15) is 0 Å². The maximum Gasteiger partial charge on any atom is 0.231 e. The van der Waals surface area contributed by atoms with Crippen LogP contribution < -0.4 is 14.4 Å².